The Kier molecular flexibility index (Phi) is 4.54. The van der Waals surface area contributed by atoms with Crippen molar-refractivity contribution >= 4 is 29.3 Å². The molecule has 0 fully saturated rings. The molecule has 0 spiro atoms. The molecule has 0 radical (unpaired) electrons. The van der Waals surface area contributed by atoms with Gasteiger partial charge in [-0.2, -0.15) is 0 Å². The van der Waals surface area contributed by atoms with Crippen LogP contribution >= 0.6 is 11.6 Å². The standard InChI is InChI=1S/C16H13ClN4O2/c17-12-7-4-8-13(10-12)18-15(22)19-16-21-20-14(23-16)9-11-5-2-1-3-6-11/h1-8,10H,9H2,(H2,18,19,21,22). The van der Waals surface area contributed by atoms with Crippen molar-refractivity contribution in [3.05, 3.63) is 71.1 Å². The molecule has 1 heterocycles. The van der Waals surface area contributed by atoms with E-state index in [1.807, 2.05) is 30.3 Å². The topological polar surface area (TPSA) is 80.0 Å². The average molecular weight is 329 g/mol. The summed E-state index contributed by atoms with van der Waals surface area (Å²) in [6, 6.07) is 16.1. The van der Waals surface area contributed by atoms with Gasteiger partial charge in [-0.05, 0) is 23.8 Å². The molecule has 3 aromatic rings. The van der Waals surface area contributed by atoms with Gasteiger partial charge in [0, 0.05) is 10.7 Å². The lowest BCUT2D eigenvalue weighted by Gasteiger charge is -2.04. The lowest BCUT2D eigenvalue weighted by molar-refractivity contribution is 0.261. The zero-order valence-corrected chi connectivity index (χ0v) is 12.7. The second-order valence-corrected chi connectivity index (χ2v) is 5.19. The highest BCUT2D eigenvalue weighted by Crippen LogP contribution is 2.15. The van der Waals surface area contributed by atoms with Gasteiger partial charge in [-0.15, -0.1) is 5.10 Å². The number of nitrogens with one attached hydrogen (secondary N) is 2. The zero-order chi connectivity index (χ0) is 16.1. The van der Waals surface area contributed by atoms with Gasteiger partial charge in [0.05, 0.1) is 6.42 Å². The van der Waals surface area contributed by atoms with Crippen molar-refractivity contribution in [2.45, 2.75) is 6.42 Å². The Morgan fingerprint density at radius 3 is 2.65 bits per heavy atom. The highest BCUT2D eigenvalue weighted by Gasteiger charge is 2.10. The average Bonchev–Trinajstić information content (AvgIpc) is 2.95. The number of aromatic nitrogens is 2. The number of benzene rings is 2. The minimum atomic E-state index is -0.484. The zero-order valence-electron chi connectivity index (χ0n) is 12.0. The first-order valence-electron chi connectivity index (χ1n) is 6.89. The third-order valence-electron chi connectivity index (χ3n) is 2.97. The normalized spacial score (nSPS) is 10.3. The lowest BCUT2D eigenvalue weighted by atomic mass is 10.2. The van der Waals surface area contributed by atoms with E-state index in [0.717, 1.165) is 5.56 Å². The Bertz CT molecular complexity index is 805. The van der Waals surface area contributed by atoms with E-state index in [-0.39, 0.29) is 6.01 Å². The van der Waals surface area contributed by atoms with E-state index in [4.69, 9.17) is 16.0 Å². The van der Waals surface area contributed by atoms with E-state index < -0.39 is 6.03 Å². The minimum Gasteiger partial charge on any atom is -0.407 e. The van der Waals surface area contributed by atoms with Crippen molar-refractivity contribution in [2.24, 2.45) is 0 Å². The van der Waals surface area contributed by atoms with Crippen LogP contribution in [0.25, 0.3) is 0 Å². The molecule has 7 heteroatoms. The van der Waals surface area contributed by atoms with Crippen molar-refractivity contribution in [3.63, 3.8) is 0 Å². The van der Waals surface area contributed by atoms with E-state index in [9.17, 15) is 4.79 Å². The molecule has 0 atom stereocenters. The van der Waals surface area contributed by atoms with Crippen molar-refractivity contribution in [2.75, 3.05) is 10.6 Å². The number of nitrogens with zero attached hydrogens (tertiary/aromatic N) is 2. The summed E-state index contributed by atoms with van der Waals surface area (Å²) in [4.78, 5) is 11.9. The molecule has 0 aliphatic heterocycles. The van der Waals surface area contributed by atoms with E-state index in [2.05, 4.69) is 20.8 Å². The molecular formula is C16H13ClN4O2. The van der Waals surface area contributed by atoms with Crippen LogP contribution in [0.3, 0.4) is 0 Å². The van der Waals surface area contributed by atoms with Gasteiger partial charge in [0.15, 0.2) is 0 Å². The first-order chi connectivity index (χ1) is 11.2. The quantitative estimate of drug-likeness (QED) is 0.759. The molecule has 0 aliphatic carbocycles. The van der Waals surface area contributed by atoms with E-state index in [0.29, 0.717) is 23.0 Å². The monoisotopic (exact) mass is 328 g/mol. The van der Waals surface area contributed by atoms with Gasteiger partial charge in [0.1, 0.15) is 0 Å². The number of hydrogen-bond donors (Lipinski definition) is 2. The number of anilines is 2. The van der Waals surface area contributed by atoms with Gasteiger partial charge in [-0.1, -0.05) is 53.1 Å². The summed E-state index contributed by atoms with van der Waals surface area (Å²) in [6.07, 6.45) is 0.505. The van der Waals surface area contributed by atoms with E-state index >= 15 is 0 Å². The van der Waals surface area contributed by atoms with Gasteiger partial charge in [0.25, 0.3) is 0 Å². The first-order valence-corrected chi connectivity index (χ1v) is 7.27. The van der Waals surface area contributed by atoms with Crippen molar-refractivity contribution in [3.8, 4) is 0 Å². The second-order valence-electron chi connectivity index (χ2n) is 4.75. The summed E-state index contributed by atoms with van der Waals surface area (Å²) in [6.45, 7) is 0. The third kappa shape index (κ3) is 4.31. The van der Waals surface area contributed by atoms with Crippen LogP contribution in [0.1, 0.15) is 11.5 Å². The van der Waals surface area contributed by atoms with Crippen LogP contribution in [0.2, 0.25) is 5.02 Å². The fourth-order valence-electron chi connectivity index (χ4n) is 1.97. The summed E-state index contributed by atoms with van der Waals surface area (Å²) in [5.74, 6) is 0.425. The van der Waals surface area contributed by atoms with Crippen LogP contribution in [-0.2, 0) is 6.42 Å². The molecule has 23 heavy (non-hydrogen) atoms. The smallest absolute Gasteiger partial charge is 0.327 e. The molecule has 1 aromatic heterocycles. The molecule has 3 rings (SSSR count). The second kappa shape index (κ2) is 6.93. The maximum Gasteiger partial charge on any atom is 0.327 e. The van der Waals surface area contributed by atoms with Gasteiger partial charge >= 0.3 is 12.0 Å². The fraction of sp³-hybridized carbons (Fsp3) is 0.0625. The maximum atomic E-state index is 11.9. The molecule has 0 aliphatic rings. The fourth-order valence-corrected chi connectivity index (χ4v) is 2.16. The molecule has 2 N–H and O–H groups in total. The molecule has 6 nitrogen and oxygen atoms in total. The Balaban J connectivity index is 1.59. The summed E-state index contributed by atoms with van der Waals surface area (Å²) < 4.78 is 5.40. The van der Waals surface area contributed by atoms with E-state index in [1.54, 1.807) is 24.3 Å². The Morgan fingerprint density at radius 2 is 1.87 bits per heavy atom. The van der Waals surface area contributed by atoms with Crippen LogP contribution in [-0.4, -0.2) is 16.2 Å². The van der Waals surface area contributed by atoms with Crippen LogP contribution in [0.4, 0.5) is 16.5 Å². The molecule has 116 valence electrons. The number of amides is 2. The molecule has 0 saturated heterocycles. The molecular weight excluding hydrogens is 316 g/mol. The number of urea groups is 1. The highest BCUT2D eigenvalue weighted by molar-refractivity contribution is 6.30. The SMILES string of the molecule is O=C(Nc1cccc(Cl)c1)Nc1nnc(Cc2ccccc2)o1. The van der Waals surface area contributed by atoms with E-state index in [1.165, 1.54) is 0 Å². The Morgan fingerprint density at radius 1 is 1.04 bits per heavy atom. The molecule has 2 aromatic carbocycles. The van der Waals surface area contributed by atoms with Crippen molar-refractivity contribution < 1.29 is 9.21 Å². The van der Waals surface area contributed by atoms with Crippen LogP contribution < -0.4 is 10.6 Å². The van der Waals surface area contributed by atoms with Gasteiger partial charge in [0.2, 0.25) is 5.89 Å². The summed E-state index contributed by atoms with van der Waals surface area (Å²) in [5, 5.41) is 13.3. The van der Waals surface area contributed by atoms with Crippen LogP contribution in [0.5, 0.6) is 0 Å². The molecule has 2 amide bonds. The van der Waals surface area contributed by atoms with Gasteiger partial charge in [-0.25, -0.2) is 4.79 Å². The highest BCUT2D eigenvalue weighted by atomic mass is 35.5. The molecule has 0 saturated carbocycles. The third-order valence-corrected chi connectivity index (χ3v) is 3.20. The lowest BCUT2D eigenvalue weighted by Crippen LogP contribution is -2.19. The number of halogens is 1. The summed E-state index contributed by atoms with van der Waals surface area (Å²) >= 11 is 5.86. The molecule has 0 unspecified atom stereocenters. The summed E-state index contributed by atoms with van der Waals surface area (Å²) in [5.41, 5.74) is 1.62. The first kappa shape index (κ1) is 15.1. The van der Waals surface area contributed by atoms with Crippen LogP contribution in [0, 0.1) is 0 Å². The van der Waals surface area contributed by atoms with Gasteiger partial charge in [-0.3, -0.25) is 5.32 Å². The largest absolute Gasteiger partial charge is 0.407 e. The van der Waals surface area contributed by atoms with Gasteiger partial charge < -0.3 is 9.73 Å². The Hall–Kier alpha value is -2.86. The predicted octanol–water partition coefficient (Wildman–Crippen LogP) is 3.96. The number of hydrogen-bond acceptors (Lipinski definition) is 4. The number of carbonyl (C=O) groups excluding carboxylic acids is 1. The number of carbonyl (C=O) groups is 1. The van der Waals surface area contributed by atoms with Crippen molar-refractivity contribution in [1.82, 2.24) is 10.2 Å². The molecule has 0 bridgehead atoms. The summed E-state index contributed by atoms with van der Waals surface area (Å²) in [7, 11) is 0. The Labute approximate surface area is 137 Å². The minimum absolute atomic E-state index is 0.0375. The number of rotatable bonds is 4. The van der Waals surface area contributed by atoms with Crippen molar-refractivity contribution in [1.29, 1.82) is 0 Å². The van der Waals surface area contributed by atoms with Crippen LogP contribution in [0.15, 0.2) is 59.0 Å². The maximum absolute atomic E-state index is 11.9. The predicted molar refractivity (Wildman–Crippen MR) is 87.6 cm³/mol.